The van der Waals surface area contributed by atoms with Crippen LogP contribution in [0.15, 0.2) is 119 Å². The fourth-order valence-electron chi connectivity index (χ4n) is 3.14. The average Bonchev–Trinajstić information content (AvgIpc) is 2.84. The third kappa shape index (κ3) is 5.46. The summed E-state index contributed by atoms with van der Waals surface area (Å²) >= 11 is 1.42. The van der Waals surface area contributed by atoms with Crippen LogP contribution in [0.2, 0.25) is 0 Å². The van der Waals surface area contributed by atoms with Gasteiger partial charge in [0.25, 0.3) is 10.0 Å². The molecule has 0 fully saturated rings. The van der Waals surface area contributed by atoms with E-state index in [1.54, 1.807) is 54.6 Å². The number of carbonyl (C=O) groups excluding carboxylic acids is 1. The van der Waals surface area contributed by atoms with Crippen molar-refractivity contribution in [3.63, 3.8) is 0 Å². The molecule has 4 aromatic carbocycles. The summed E-state index contributed by atoms with van der Waals surface area (Å²) in [6.45, 7) is 0. The number of ketones is 1. The Morgan fingerprint density at radius 1 is 0.688 bits per heavy atom. The standard InChI is InChI=1S/C26H21NO3S2/c28-26(22-13-11-21(12-14-22)20-7-3-1-4-8-20)19-31-24-17-15-23(16-18-24)27-32(29,30)25-9-5-2-6-10-25/h1-18,27H,19H2. The van der Waals surface area contributed by atoms with Gasteiger partial charge in [0.2, 0.25) is 0 Å². The SMILES string of the molecule is O=C(CSc1ccc(NS(=O)(=O)c2ccccc2)cc1)c1ccc(-c2ccccc2)cc1. The van der Waals surface area contributed by atoms with Gasteiger partial charge in [-0.05, 0) is 47.5 Å². The Kier molecular flexibility index (Phi) is 6.73. The van der Waals surface area contributed by atoms with Crippen LogP contribution < -0.4 is 4.72 Å². The monoisotopic (exact) mass is 459 g/mol. The molecule has 4 rings (SSSR count). The maximum Gasteiger partial charge on any atom is 0.261 e. The lowest BCUT2D eigenvalue weighted by molar-refractivity contribution is 0.102. The second-order valence-corrected chi connectivity index (χ2v) is 9.83. The molecule has 0 saturated carbocycles. The molecule has 4 aromatic rings. The average molecular weight is 460 g/mol. The summed E-state index contributed by atoms with van der Waals surface area (Å²) in [6, 6.07) is 32.9. The first kappa shape index (κ1) is 21.9. The van der Waals surface area contributed by atoms with Crippen LogP contribution in [-0.2, 0) is 10.0 Å². The van der Waals surface area contributed by atoms with Crippen molar-refractivity contribution in [1.29, 1.82) is 0 Å². The van der Waals surface area contributed by atoms with Gasteiger partial charge in [0, 0.05) is 16.1 Å². The molecule has 0 amide bonds. The molecule has 0 aromatic heterocycles. The number of carbonyl (C=O) groups is 1. The number of anilines is 1. The van der Waals surface area contributed by atoms with Crippen LogP contribution in [0.25, 0.3) is 11.1 Å². The predicted octanol–water partition coefficient (Wildman–Crippen LogP) is 6.13. The molecule has 0 saturated heterocycles. The van der Waals surface area contributed by atoms with E-state index in [-0.39, 0.29) is 10.7 Å². The van der Waals surface area contributed by atoms with Gasteiger partial charge in [0.1, 0.15) is 0 Å². The Labute approximate surface area is 192 Å². The highest BCUT2D eigenvalue weighted by Gasteiger charge is 2.13. The van der Waals surface area contributed by atoms with E-state index in [1.807, 2.05) is 54.6 Å². The fraction of sp³-hybridized carbons (Fsp3) is 0.0385. The van der Waals surface area contributed by atoms with Crippen molar-refractivity contribution >= 4 is 33.3 Å². The van der Waals surface area contributed by atoms with Crippen molar-refractivity contribution in [2.24, 2.45) is 0 Å². The molecule has 0 spiro atoms. The predicted molar refractivity (Wildman–Crippen MR) is 131 cm³/mol. The minimum Gasteiger partial charge on any atom is -0.293 e. The lowest BCUT2D eigenvalue weighted by Gasteiger charge is -2.09. The molecule has 6 heteroatoms. The van der Waals surface area contributed by atoms with Crippen molar-refractivity contribution in [1.82, 2.24) is 0 Å². The minimum atomic E-state index is -3.62. The second kappa shape index (κ2) is 9.85. The highest BCUT2D eigenvalue weighted by molar-refractivity contribution is 8.00. The number of Topliss-reactive ketones (excluding diaryl/α,β-unsaturated/α-hetero) is 1. The van der Waals surface area contributed by atoms with Crippen molar-refractivity contribution < 1.29 is 13.2 Å². The Bertz CT molecular complexity index is 1290. The van der Waals surface area contributed by atoms with E-state index in [0.717, 1.165) is 16.0 Å². The second-order valence-electron chi connectivity index (χ2n) is 7.10. The van der Waals surface area contributed by atoms with E-state index in [0.29, 0.717) is 17.0 Å². The Balaban J connectivity index is 1.34. The number of hydrogen-bond donors (Lipinski definition) is 1. The number of nitrogens with one attached hydrogen (secondary N) is 1. The maximum atomic E-state index is 12.6. The van der Waals surface area contributed by atoms with Gasteiger partial charge in [-0.1, -0.05) is 72.8 Å². The summed E-state index contributed by atoms with van der Waals surface area (Å²) in [6.07, 6.45) is 0. The summed E-state index contributed by atoms with van der Waals surface area (Å²) in [5.74, 6) is 0.350. The van der Waals surface area contributed by atoms with Crippen molar-refractivity contribution in [2.75, 3.05) is 10.5 Å². The lowest BCUT2D eigenvalue weighted by atomic mass is 10.0. The molecule has 0 aliphatic carbocycles. The summed E-state index contributed by atoms with van der Waals surface area (Å²) in [4.78, 5) is 13.7. The highest BCUT2D eigenvalue weighted by Crippen LogP contribution is 2.24. The zero-order valence-electron chi connectivity index (χ0n) is 17.1. The normalized spacial score (nSPS) is 11.1. The van der Waals surface area contributed by atoms with E-state index in [4.69, 9.17) is 0 Å². The van der Waals surface area contributed by atoms with E-state index in [9.17, 15) is 13.2 Å². The molecule has 0 atom stereocenters. The van der Waals surface area contributed by atoms with Gasteiger partial charge >= 0.3 is 0 Å². The highest BCUT2D eigenvalue weighted by atomic mass is 32.2. The number of benzene rings is 4. The van der Waals surface area contributed by atoms with E-state index < -0.39 is 10.0 Å². The Hall–Kier alpha value is -3.35. The first-order valence-electron chi connectivity index (χ1n) is 10.0. The quantitative estimate of drug-likeness (QED) is 0.254. The molecule has 0 aliphatic heterocycles. The first-order valence-corrected chi connectivity index (χ1v) is 12.5. The van der Waals surface area contributed by atoms with Crippen LogP contribution in [0.1, 0.15) is 10.4 Å². The molecule has 1 N–H and O–H groups in total. The molecule has 0 heterocycles. The van der Waals surface area contributed by atoms with Gasteiger partial charge in [-0.25, -0.2) is 8.42 Å². The van der Waals surface area contributed by atoms with Crippen LogP contribution in [0.3, 0.4) is 0 Å². The number of rotatable bonds is 8. The number of sulfonamides is 1. The molecular formula is C26H21NO3S2. The fourth-order valence-corrected chi connectivity index (χ4v) is 5.02. The lowest BCUT2D eigenvalue weighted by Crippen LogP contribution is -2.12. The molecule has 0 unspecified atom stereocenters. The molecule has 32 heavy (non-hydrogen) atoms. The number of hydrogen-bond acceptors (Lipinski definition) is 4. The van der Waals surface area contributed by atoms with Crippen molar-refractivity contribution in [3.05, 3.63) is 115 Å². The van der Waals surface area contributed by atoms with E-state index >= 15 is 0 Å². The van der Waals surface area contributed by atoms with Gasteiger partial charge in [0.05, 0.1) is 10.6 Å². The summed E-state index contributed by atoms with van der Waals surface area (Å²) in [5.41, 5.74) is 3.33. The van der Waals surface area contributed by atoms with Gasteiger partial charge in [-0.2, -0.15) is 0 Å². The summed E-state index contributed by atoms with van der Waals surface area (Å²) in [7, 11) is -3.62. The number of thioether (sulfide) groups is 1. The van der Waals surface area contributed by atoms with Crippen LogP contribution in [0.5, 0.6) is 0 Å². The third-order valence-electron chi connectivity index (χ3n) is 4.84. The van der Waals surface area contributed by atoms with Crippen LogP contribution in [-0.4, -0.2) is 20.0 Å². The molecular weight excluding hydrogens is 438 g/mol. The first-order chi connectivity index (χ1) is 15.5. The van der Waals surface area contributed by atoms with Crippen LogP contribution >= 0.6 is 11.8 Å². The van der Waals surface area contributed by atoms with E-state index in [1.165, 1.54) is 11.8 Å². The zero-order chi connectivity index (χ0) is 22.4. The van der Waals surface area contributed by atoms with Crippen molar-refractivity contribution in [3.8, 4) is 11.1 Å². The topological polar surface area (TPSA) is 63.2 Å². The third-order valence-corrected chi connectivity index (χ3v) is 7.25. The van der Waals surface area contributed by atoms with E-state index in [2.05, 4.69) is 4.72 Å². The molecule has 0 radical (unpaired) electrons. The summed E-state index contributed by atoms with van der Waals surface area (Å²) in [5, 5.41) is 0. The molecule has 0 bridgehead atoms. The van der Waals surface area contributed by atoms with Crippen LogP contribution in [0.4, 0.5) is 5.69 Å². The van der Waals surface area contributed by atoms with Gasteiger partial charge in [-0.3, -0.25) is 9.52 Å². The van der Waals surface area contributed by atoms with Crippen LogP contribution in [0, 0.1) is 0 Å². The maximum absolute atomic E-state index is 12.6. The summed E-state index contributed by atoms with van der Waals surface area (Å²) < 4.78 is 27.4. The molecule has 0 aliphatic rings. The van der Waals surface area contributed by atoms with Gasteiger partial charge in [-0.15, -0.1) is 11.8 Å². The minimum absolute atomic E-state index is 0.0449. The molecule has 160 valence electrons. The molecule has 4 nitrogen and oxygen atoms in total. The largest absolute Gasteiger partial charge is 0.293 e. The van der Waals surface area contributed by atoms with Gasteiger partial charge in [0.15, 0.2) is 5.78 Å². The van der Waals surface area contributed by atoms with Gasteiger partial charge < -0.3 is 0 Å². The Morgan fingerprint density at radius 2 is 1.25 bits per heavy atom. The Morgan fingerprint density at radius 3 is 1.88 bits per heavy atom. The zero-order valence-corrected chi connectivity index (χ0v) is 18.8. The van der Waals surface area contributed by atoms with Crippen molar-refractivity contribution in [2.45, 2.75) is 9.79 Å². The smallest absolute Gasteiger partial charge is 0.261 e.